The van der Waals surface area contributed by atoms with Gasteiger partial charge in [-0.25, -0.2) is 0 Å². The zero-order chi connectivity index (χ0) is 13.8. The second-order valence-electron chi connectivity index (χ2n) is 5.20. The highest BCUT2D eigenvalue weighted by Crippen LogP contribution is 2.28. The molecule has 1 aromatic carbocycles. The van der Waals surface area contributed by atoms with Crippen molar-refractivity contribution in [3.05, 3.63) is 23.8 Å². The van der Waals surface area contributed by atoms with Crippen LogP contribution in [0.2, 0.25) is 0 Å². The van der Waals surface area contributed by atoms with Crippen molar-refractivity contribution >= 4 is 0 Å². The van der Waals surface area contributed by atoms with E-state index in [2.05, 4.69) is 4.90 Å². The van der Waals surface area contributed by atoms with E-state index >= 15 is 0 Å². The number of hydrogen-bond donors (Lipinski definition) is 1. The first-order chi connectivity index (χ1) is 9.13. The van der Waals surface area contributed by atoms with Crippen LogP contribution in [0.3, 0.4) is 0 Å². The number of methoxy groups -OCH3 is 2. The summed E-state index contributed by atoms with van der Waals surface area (Å²) >= 11 is 0. The number of benzene rings is 1. The fraction of sp³-hybridized carbons (Fsp3) is 0.600. The van der Waals surface area contributed by atoms with Gasteiger partial charge in [0, 0.05) is 18.7 Å². The summed E-state index contributed by atoms with van der Waals surface area (Å²) in [5.41, 5.74) is 1.13. The molecule has 2 atom stereocenters. The third-order valence-corrected chi connectivity index (χ3v) is 3.87. The highest BCUT2D eigenvalue weighted by Gasteiger charge is 2.26. The van der Waals surface area contributed by atoms with Gasteiger partial charge >= 0.3 is 0 Å². The van der Waals surface area contributed by atoms with Crippen LogP contribution >= 0.6 is 0 Å². The molecule has 1 aliphatic rings. The van der Waals surface area contributed by atoms with Crippen LogP contribution in [0.25, 0.3) is 0 Å². The second-order valence-corrected chi connectivity index (χ2v) is 5.20. The molecule has 19 heavy (non-hydrogen) atoms. The SMILES string of the molecule is COc1ccc(OC)c(CN2CCC(C(C)O)C2)c1. The number of nitrogens with zero attached hydrogens (tertiary/aromatic N) is 1. The molecule has 1 heterocycles. The number of aliphatic hydroxyl groups excluding tert-OH is 1. The monoisotopic (exact) mass is 265 g/mol. The molecule has 2 unspecified atom stereocenters. The van der Waals surface area contributed by atoms with E-state index < -0.39 is 0 Å². The Labute approximate surface area is 114 Å². The summed E-state index contributed by atoms with van der Waals surface area (Å²) in [6, 6.07) is 5.87. The van der Waals surface area contributed by atoms with E-state index in [1.54, 1.807) is 14.2 Å². The quantitative estimate of drug-likeness (QED) is 0.883. The van der Waals surface area contributed by atoms with Gasteiger partial charge in [0.1, 0.15) is 11.5 Å². The summed E-state index contributed by atoms with van der Waals surface area (Å²) in [4.78, 5) is 2.36. The Balaban J connectivity index is 2.06. The number of ether oxygens (including phenoxy) is 2. The van der Waals surface area contributed by atoms with Crippen LogP contribution in [-0.2, 0) is 6.54 Å². The Morgan fingerprint density at radius 2 is 2.16 bits per heavy atom. The summed E-state index contributed by atoms with van der Waals surface area (Å²) < 4.78 is 10.7. The summed E-state index contributed by atoms with van der Waals surface area (Å²) in [7, 11) is 3.36. The van der Waals surface area contributed by atoms with Crippen LogP contribution in [0, 0.1) is 5.92 Å². The van der Waals surface area contributed by atoms with E-state index in [9.17, 15) is 5.11 Å². The molecule has 4 nitrogen and oxygen atoms in total. The van der Waals surface area contributed by atoms with Gasteiger partial charge in [0.15, 0.2) is 0 Å². The van der Waals surface area contributed by atoms with Crippen molar-refractivity contribution in [1.29, 1.82) is 0 Å². The highest BCUT2D eigenvalue weighted by molar-refractivity contribution is 5.40. The molecule has 1 N–H and O–H groups in total. The van der Waals surface area contributed by atoms with Crippen molar-refractivity contribution in [1.82, 2.24) is 4.90 Å². The lowest BCUT2D eigenvalue weighted by atomic mass is 10.0. The molecule has 106 valence electrons. The summed E-state index contributed by atoms with van der Waals surface area (Å²) in [5.74, 6) is 2.12. The van der Waals surface area contributed by atoms with Crippen LogP contribution in [0.4, 0.5) is 0 Å². The highest BCUT2D eigenvalue weighted by atomic mass is 16.5. The van der Waals surface area contributed by atoms with Crippen molar-refractivity contribution in [2.75, 3.05) is 27.3 Å². The van der Waals surface area contributed by atoms with Gasteiger partial charge in [0.25, 0.3) is 0 Å². The molecule has 0 radical (unpaired) electrons. The zero-order valence-corrected chi connectivity index (χ0v) is 11.9. The maximum atomic E-state index is 9.65. The molecule has 1 saturated heterocycles. The van der Waals surface area contributed by atoms with Gasteiger partial charge in [-0.3, -0.25) is 4.90 Å². The molecule has 1 aromatic rings. The molecule has 0 amide bonds. The average Bonchev–Trinajstić information content (AvgIpc) is 2.87. The number of rotatable bonds is 5. The van der Waals surface area contributed by atoms with Crippen molar-refractivity contribution in [3.63, 3.8) is 0 Å². The third kappa shape index (κ3) is 3.39. The first kappa shape index (κ1) is 14.2. The maximum absolute atomic E-state index is 9.65. The summed E-state index contributed by atoms with van der Waals surface area (Å²) in [6.45, 7) is 4.68. The number of hydrogen-bond acceptors (Lipinski definition) is 4. The van der Waals surface area contributed by atoms with Crippen LogP contribution < -0.4 is 9.47 Å². The topological polar surface area (TPSA) is 41.9 Å². The van der Waals surface area contributed by atoms with Gasteiger partial charge in [0.2, 0.25) is 0 Å². The average molecular weight is 265 g/mol. The smallest absolute Gasteiger partial charge is 0.123 e. The third-order valence-electron chi connectivity index (χ3n) is 3.87. The van der Waals surface area contributed by atoms with Gasteiger partial charge in [-0.1, -0.05) is 0 Å². The normalized spacial score (nSPS) is 21.4. The summed E-state index contributed by atoms with van der Waals surface area (Å²) in [6.07, 6.45) is 0.835. The molecule has 1 aliphatic heterocycles. The first-order valence-corrected chi connectivity index (χ1v) is 6.75. The minimum Gasteiger partial charge on any atom is -0.497 e. The molecule has 2 rings (SSSR count). The van der Waals surface area contributed by atoms with Crippen LogP contribution in [0.5, 0.6) is 11.5 Å². The second kappa shape index (κ2) is 6.26. The summed E-state index contributed by atoms with van der Waals surface area (Å²) in [5, 5.41) is 9.65. The molecule has 0 aromatic heterocycles. The lowest BCUT2D eigenvalue weighted by molar-refractivity contribution is 0.127. The van der Waals surface area contributed by atoms with Crippen LogP contribution in [0.1, 0.15) is 18.9 Å². The lowest BCUT2D eigenvalue weighted by Crippen LogP contribution is -2.24. The van der Waals surface area contributed by atoms with E-state index in [4.69, 9.17) is 9.47 Å². The Hall–Kier alpha value is -1.26. The Kier molecular flexibility index (Phi) is 4.66. The molecule has 0 spiro atoms. The van der Waals surface area contributed by atoms with Crippen molar-refractivity contribution in [2.45, 2.75) is 26.0 Å². The largest absolute Gasteiger partial charge is 0.497 e. The molecule has 0 saturated carbocycles. The number of likely N-dealkylation sites (tertiary alicyclic amines) is 1. The zero-order valence-electron chi connectivity index (χ0n) is 11.9. The van der Waals surface area contributed by atoms with Gasteiger partial charge in [0.05, 0.1) is 20.3 Å². The minimum atomic E-state index is -0.225. The van der Waals surface area contributed by atoms with E-state index in [0.717, 1.165) is 43.1 Å². The number of aliphatic hydroxyl groups is 1. The fourth-order valence-electron chi connectivity index (χ4n) is 2.65. The van der Waals surface area contributed by atoms with Crippen LogP contribution in [-0.4, -0.2) is 43.4 Å². The molecule has 1 fully saturated rings. The van der Waals surface area contributed by atoms with E-state index in [1.165, 1.54) is 0 Å². The lowest BCUT2D eigenvalue weighted by Gasteiger charge is -2.19. The maximum Gasteiger partial charge on any atom is 0.123 e. The van der Waals surface area contributed by atoms with Crippen molar-refractivity contribution in [2.24, 2.45) is 5.92 Å². The van der Waals surface area contributed by atoms with E-state index in [-0.39, 0.29) is 6.10 Å². The standard InChI is InChI=1S/C15H23NO3/c1-11(17)12-6-7-16(9-12)10-13-8-14(18-2)4-5-15(13)19-3/h4-5,8,11-12,17H,6-7,9-10H2,1-3H3. The fourth-order valence-corrected chi connectivity index (χ4v) is 2.65. The van der Waals surface area contributed by atoms with Gasteiger partial charge in [-0.05, 0) is 44.0 Å². The Morgan fingerprint density at radius 1 is 1.37 bits per heavy atom. The van der Waals surface area contributed by atoms with Crippen molar-refractivity contribution < 1.29 is 14.6 Å². The van der Waals surface area contributed by atoms with Crippen LogP contribution in [0.15, 0.2) is 18.2 Å². The molecule has 0 bridgehead atoms. The Morgan fingerprint density at radius 3 is 2.74 bits per heavy atom. The van der Waals surface area contributed by atoms with E-state index in [1.807, 2.05) is 25.1 Å². The predicted molar refractivity (Wildman–Crippen MR) is 74.6 cm³/mol. The Bertz CT molecular complexity index is 420. The molecule has 0 aliphatic carbocycles. The first-order valence-electron chi connectivity index (χ1n) is 6.75. The molecular weight excluding hydrogens is 242 g/mol. The molecular formula is C15H23NO3. The van der Waals surface area contributed by atoms with Gasteiger partial charge in [-0.2, -0.15) is 0 Å². The van der Waals surface area contributed by atoms with Crippen molar-refractivity contribution in [3.8, 4) is 11.5 Å². The van der Waals surface area contributed by atoms with E-state index in [0.29, 0.717) is 5.92 Å². The predicted octanol–water partition coefficient (Wildman–Crippen LogP) is 1.91. The molecule has 4 heteroatoms. The van der Waals surface area contributed by atoms with Gasteiger partial charge < -0.3 is 14.6 Å². The minimum absolute atomic E-state index is 0.225. The van der Waals surface area contributed by atoms with Gasteiger partial charge in [-0.15, -0.1) is 0 Å².